The zero-order chi connectivity index (χ0) is 19.1. The molecule has 2 heterocycles. The molecule has 6 heteroatoms. The highest BCUT2D eigenvalue weighted by Crippen LogP contribution is 2.19. The van der Waals surface area contributed by atoms with E-state index in [1.807, 2.05) is 12.1 Å². The molecule has 0 spiro atoms. The summed E-state index contributed by atoms with van der Waals surface area (Å²) in [6.45, 7) is 3.16. The molecule has 1 N–H and O–H groups in total. The lowest BCUT2D eigenvalue weighted by atomic mass is 10.1. The fraction of sp³-hybridized carbons (Fsp3) is 0.524. The highest BCUT2D eigenvalue weighted by molar-refractivity contribution is 5.55. The summed E-state index contributed by atoms with van der Waals surface area (Å²) in [7, 11) is 3.74. The number of rotatable bonds is 9. The van der Waals surface area contributed by atoms with Crippen molar-refractivity contribution in [3.8, 4) is 11.4 Å². The van der Waals surface area contributed by atoms with Gasteiger partial charge in [-0.2, -0.15) is 0 Å². The standard InChI is InChI=1S/C21H29N3O3/c1-24(10-4-8-19-9-5-11-27-19)14-16-6-3-7-17(12-16)21-22-18(15-26-2)13-20(25)23-21/h3,6-7,12-13,19H,4-5,8-11,14-15H2,1-2H3,(H,22,23,25). The van der Waals surface area contributed by atoms with Crippen LogP contribution in [-0.2, 0) is 22.6 Å². The highest BCUT2D eigenvalue weighted by atomic mass is 16.5. The molecule has 146 valence electrons. The smallest absolute Gasteiger partial charge is 0.251 e. The van der Waals surface area contributed by atoms with E-state index in [0.717, 1.165) is 38.1 Å². The first-order valence-electron chi connectivity index (χ1n) is 9.62. The maximum Gasteiger partial charge on any atom is 0.251 e. The molecular weight excluding hydrogens is 342 g/mol. The van der Waals surface area contributed by atoms with Gasteiger partial charge >= 0.3 is 0 Å². The van der Waals surface area contributed by atoms with Crippen LogP contribution in [0.3, 0.4) is 0 Å². The van der Waals surface area contributed by atoms with Gasteiger partial charge in [0.15, 0.2) is 0 Å². The SMILES string of the molecule is COCc1cc(=O)[nH]c(-c2cccc(CN(C)CCCC3CCCO3)c2)n1. The molecule has 0 amide bonds. The first-order chi connectivity index (χ1) is 13.1. The summed E-state index contributed by atoms with van der Waals surface area (Å²) >= 11 is 0. The van der Waals surface area contributed by atoms with Crippen LogP contribution in [0.4, 0.5) is 0 Å². The van der Waals surface area contributed by atoms with Crippen LogP contribution in [-0.4, -0.2) is 48.3 Å². The number of ether oxygens (including phenoxy) is 2. The second kappa shape index (κ2) is 9.78. The molecule has 2 aromatic rings. The lowest BCUT2D eigenvalue weighted by Gasteiger charge is -2.18. The van der Waals surface area contributed by atoms with Gasteiger partial charge in [0, 0.05) is 31.9 Å². The van der Waals surface area contributed by atoms with Gasteiger partial charge in [-0.3, -0.25) is 4.79 Å². The minimum atomic E-state index is -0.163. The average molecular weight is 371 g/mol. The van der Waals surface area contributed by atoms with E-state index in [-0.39, 0.29) is 5.56 Å². The predicted octanol–water partition coefficient (Wildman–Crippen LogP) is 2.97. The van der Waals surface area contributed by atoms with Crippen LogP contribution in [0.2, 0.25) is 0 Å². The van der Waals surface area contributed by atoms with Crippen molar-refractivity contribution in [2.75, 3.05) is 27.3 Å². The van der Waals surface area contributed by atoms with Gasteiger partial charge in [0.2, 0.25) is 0 Å². The van der Waals surface area contributed by atoms with Gasteiger partial charge in [0.25, 0.3) is 5.56 Å². The van der Waals surface area contributed by atoms with E-state index < -0.39 is 0 Å². The molecule has 1 atom stereocenters. The van der Waals surface area contributed by atoms with E-state index in [1.54, 1.807) is 7.11 Å². The molecule has 1 aromatic carbocycles. The normalized spacial score (nSPS) is 16.9. The predicted molar refractivity (Wildman–Crippen MR) is 106 cm³/mol. The first kappa shape index (κ1) is 19.7. The van der Waals surface area contributed by atoms with Crippen LogP contribution >= 0.6 is 0 Å². The Labute approximate surface area is 160 Å². The quantitative estimate of drug-likeness (QED) is 0.734. The summed E-state index contributed by atoms with van der Waals surface area (Å²) in [6, 6.07) is 9.64. The van der Waals surface area contributed by atoms with E-state index in [4.69, 9.17) is 9.47 Å². The number of nitrogens with zero attached hydrogens (tertiary/aromatic N) is 2. The molecule has 1 aliphatic heterocycles. The van der Waals surface area contributed by atoms with E-state index >= 15 is 0 Å². The Balaban J connectivity index is 1.60. The molecule has 0 saturated carbocycles. The van der Waals surface area contributed by atoms with Crippen LogP contribution < -0.4 is 5.56 Å². The molecule has 1 saturated heterocycles. The fourth-order valence-electron chi connectivity index (χ4n) is 3.54. The Morgan fingerprint density at radius 2 is 2.26 bits per heavy atom. The summed E-state index contributed by atoms with van der Waals surface area (Å²) in [5.41, 5.74) is 2.58. The Morgan fingerprint density at radius 1 is 1.37 bits per heavy atom. The zero-order valence-corrected chi connectivity index (χ0v) is 16.2. The summed E-state index contributed by atoms with van der Waals surface area (Å²) in [4.78, 5) is 21.5. The van der Waals surface area contributed by atoms with E-state index in [9.17, 15) is 4.79 Å². The van der Waals surface area contributed by atoms with Crippen LogP contribution in [0, 0.1) is 0 Å². The number of benzene rings is 1. The van der Waals surface area contributed by atoms with Crippen molar-refractivity contribution in [2.24, 2.45) is 0 Å². The molecule has 0 bridgehead atoms. The molecule has 6 nitrogen and oxygen atoms in total. The zero-order valence-electron chi connectivity index (χ0n) is 16.2. The van der Waals surface area contributed by atoms with E-state index in [0.29, 0.717) is 24.2 Å². The van der Waals surface area contributed by atoms with Crippen molar-refractivity contribution in [3.05, 3.63) is 51.9 Å². The monoisotopic (exact) mass is 371 g/mol. The van der Waals surface area contributed by atoms with Gasteiger partial charge in [0.1, 0.15) is 5.82 Å². The minimum absolute atomic E-state index is 0.163. The van der Waals surface area contributed by atoms with Gasteiger partial charge in [-0.05, 0) is 50.9 Å². The molecule has 0 radical (unpaired) electrons. The summed E-state index contributed by atoms with van der Waals surface area (Å²) in [5, 5.41) is 0. The summed E-state index contributed by atoms with van der Waals surface area (Å²) in [5.74, 6) is 0.581. The molecule has 0 aliphatic carbocycles. The van der Waals surface area contributed by atoms with Crippen molar-refractivity contribution >= 4 is 0 Å². The van der Waals surface area contributed by atoms with Crippen molar-refractivity contribution in [1.82, 2.24) is 14.9 Å². The second-order valence-electron chi connectivity index (χ2n) is 7.23. The third kappa shape index (κ3) is 5.99. The van der Waals surface area contributed by atoms with Gasteiger partial charge in [0.05, 0.1) is 18.4 Å². The Hall–Kier alpha value is -2.02. The van der Waals surface area contributed by atoms with Gasteiger partial charge < -0.3 is 19.4 Å². The lowest BCUT2D eigenvalue weighted by Crippen LogP contribution is -2.20. The lowest BCUT2D eigenvalue weighted by molar-refractivity contribution is 0.0995. The van der Waals surface area contributed by atoms with Crippen LogP contribution in [0.5, 0.6) is 0 Å². The maximum absolute atomic E-state index is 11.9. The van der Waals surface area contributed by atoms with Crippen molar-refractivity contribution < 1.29 is 9.47 Å². The number of hydrogen-bond acceptors (Lipinski definition) is 5. The van der Waals surface area contributed by atoms with Crippen molar-refractivity contribution in [2.45, 2.75) is 44.9 Å². The third-order valence-corrected chi connectivity index (χ3v) is 4.83. The molecule has 1 aromatic heterocycles. The number of methoxy groups -OCH3 is 1. The third-order valence-electron chi connectivity index (χ3n) is 4.83. The Morgan fingerprint density at radius 3 is 3.04 bits per heavy atom. The maximum atomic E-state index is 11.9. The molecule has 1 fully saturated rings. The van der Waals surface area contributed by atoms with Gasteiger partial charge in [-0.15, -0.1) is 0 Å². The summed E-state index contributed by atoms with van der Waals surface area (Å²) in [6.07, 6.45) is 5.16. The number of hydrogen-bond donors (Lipinski definition) is 1. The second-order valence-corrected chi connectivity index (χ2v) is 7.23. The average Bonchev–Trinajstić information content (AvgIpc) is 3.15. The topological polar surface area (TPSA) is 67.5 Å². The number of aromatic nitrogens is 2. The largest absolute Gasteiger partial charge is 0.378 e. The fourth-order valence-corrected chi connectivity index (χ4v) is 3.54. The molecule has 1 aliphatic rings. The number of aromatic amines is 1. The van der Waals surface area contributed by atoms with Crippen LogP contribution in [0.25, 0.3) is 11.4 Å². The molecule has 3 rings (SSSR count). The number of nitrogens with one attached hydrogen (secondary N) is 1. The van der Waals surface area contributed by atoms with E-state index in [1.165, 1.54) is 24.5 Å². The van der Waals surface area contributed by atoms with Crippen molar-refractivity contribution in [3.63, 3.8) is 0 Å². The van der Waals surface area contributed by atoms with Gasteiger partial charge in [-0.25, -0.2) is 4.98 Å². The molecule has 27 heavy (non-hydrogen) atoms. The van der Waals surface area contributed by atoms with Gasteiger partial charge in [-0.1, -0.05) is 18.2 Å². The van der Waals surface area contributed by atoms with Crippen LogP contribution in [0.1, 0.15) is 36.9 Å². The Bertz CT molecular complexity index is 784. The first-order valence-corrected chi connectivity index (χ1v) is 9.62. The highest BCUT2D eigenvalue weighted by Gasteiger charge is 2.15. The van der Waals surface area contributed by atoms with Crippen molar-refractivity contribution in [1.29, 1.82) is 0 Å². The Kier molecular flexibility index (Phi) is 7.15. The van der Waals surface area contributed by atoms with E-state index in [2.05, 4.69) is 34.0 Å². The molecular formula is C21H29N3O3. The minimum Gasteiger partial charge on any atom is -0.378 e. The van der Waals surface area contributed by atoms with Crippen LogP contribution in [0.15, 0.2) is 35.1 Å². The summed E-state index contributed by atoms with van der Waals surface area (Å²) < 4.78 is 10.8. The molecule has 1 unspecified atom stereocenters. The number of H-pyrrole nitrogens is 1.